The highest BCUT2D eigenvalue weighted by atomic mass is 16.4. The molecule has 0 aromatic carbocycles. The molecular formula is C12H23N3O2. The highest BCUT2D eigenvalue weighted by Gasteiger charge is 2.48. The summed E-state index contributed by atoms with van der Waals surface area (Å²) in [5.74, 6) is -0.0494. The third-order valence-electron chi connectivity index (χ3n) is 3.61. The van der Waals surface area contributed by atoms with E-state index in [-0.39, 0.29) is 17.8 Å². The van der Waals surface area contributed by atoms with Crippen LogP contribution in [0.15, 0.2) is 5.16 Å². The SMILES string of the molecule is CCCCC(C)NC(=O)C1(C(N)=NO)CCC1. The van der Waals surface area contributed by atoms with Gasteiger partial charge in [0.1, 0.15) is 5.41 Å². The first kappa shape index (κ1) is 13.8. The van der Waals surface area contributed by atoms with Crippen LogP contribution >= 0.6 is 0 Å². The van der Waals surface area contributed by atoms with Gasteiger partial charge in [-0.05, 0) is 26.2 Å². The minimum atomic E-state index is -0.755. The molecule has 1 unspecified atom stereocenters. The maximum atomic E-state index is 12.1. The van der Waals surface area contributed by atoms with E-state index in [0.717, 1.165) is 25.7 Å². The van der Waals surface area contributed by atoms with Crippen molar-refractivity contribution in [2.45, 2.75) is 58.4 Å². The Bertz CT molecular complexity index is 298. The molecule has 0 aliphatic heterocycles. The van der Waals surface area contributed by atoms with Gasteiger partial charge in [0, 0.05) is 6.04 Å². The van der Waals surface area contributed by atoms with Gasteiger partial charge in [-0.15, -0.1) is 0 Å². The summed E-state index contributed by atoms with van der Waals surface area (Å²) in [4.78, 5) is 12.1. The number of carbonyl (C=O) groups is 1. The quantitative estimate of drug-likeness (QED) is 0.285. The lowest BCUT2D eigenvalue weighted by Crippen LogP contribution is -2.55. The Morgan fingerprint density at radius 3 is 2.65 bits per heavy atom. The Labute approximate surface area is 102 Å². The molecule has 0 radical (unpaired) electrons. The van der Waals surface area contributed by atoms with Crippen LogP contribution in [0.1, 0.15) is 52.4 Å². The molecule has 0 bridgehead atoms. The van der Waals surface area contributed by atoms with E-state index < -0.39 is 5.41 Å². The fraction of sp³-hybridized carbons (Fsp3) is 0.833. The predicted molar refractivity (Wildman–Crippen MR) is 66.8 cm³/mol. The first-order chi connectivity index (χ1) is 8.06. The number of oxime groups is 1. The van der Waals surface area contributed by atoms with Gasteiger partial charge in [-0.1, -0.05) is 31.3 Å². The summed E-state index contributed by atoms with van der Waals surface area (Å²) in [5.41, 5.74) is 4.87. The second-order valence-electron chi connectivity index (χ2n) is 4.94. The average molecular weight is 241 g/mol. The van der Waals surface area contributed by atoms with Crippen molar-refractivity contribution in [3.8, 4) is 0 Å². The largest absolute Gasteiger partial charge is 0.409 e. The number of nitrogens with zero attached hydrogens (tertiary/aromatic N) is 1. The van der Waals surface area contributed by atoms with Gasteiger partial charge in [-0.3, -0.25) is 4.79 Å². The Morgan fingerprint density at radius 1 is 1.59 bits per heavy atom. The van der Waals surface area contributed by atoms with Gasteiger partial charge in [-0.2, -0.15) is 0 Å². The maximum absolute atomic E-state index is 12.1. The van der Waals surface area contributed by atoms with Crippen LogP contribution in [0.5, 0.6) is 0 Å². The van der Waals surface area contributed by atoms with Gasteiger partial charge in [0.15, 0.2) is 5.84 Å². The molecule has 5 nitrogen and oxygen atoms in total. The van der Waals surface area contributed by atoms with E-state index >= 15 is 0 Å². The van der Waals surface area contributed by atoms with Gasteiger partial charge in [0.2, 0.25) is 5.91 Å². The van der Waals surface area contributed by atoms with E-state index in [9.17, 15) is 4.79 Å². The lowest BCUT2D eigenvalue weighted by molar-refractivity contribution is -0.131. The highest BCUT2D eigenvalue weighted by Crippen LogP contribution is 2.41. The molecule has 1 fully saturated rings. The molecule has 1 rings (SSSR count). The van der Waals surface area contributed by atoms with Crippen LogP contribution in [0.25, 0.3) is 0 Å². The molecule has 1 atom stereocenters. The minimum absolute atomic E-state index is 0.0453. The van der Waals surface area contributed by atoms with Gasteiger partial charge >= 0.3 is 0 Å². The molecule has 1 aliphatic rings. The van der Waals surface area contributed by atoms with Crippen LogP contribution in [0.2, 0.25) is 0 Å². The molecule has 0 saturated heterocycles. The van der Waals surface area contributed by atoms with Crippen LogP contribution in [0, 0.1) is 5.41 Å². The lowest BCUT2D eigenvalue weighted by atomic mass is 9.67. The number of carbonyl (C=O) groups excluding carboxylic acids is 1. The third-order valence-corrected chi connectivity index (χ3v) is 3.61. The molecule has 5 heteroatoms. The van der Waals surface area contributed by atoms with Crippen molar-refractivity contribution in [1.29, 1.82) is 0 Å². The molecule has 98 valence electrons. The smallest absolute Gasteiger partial charge is 0.234 e. The zero-order chi connectivity index (χ0) is 12.9. The Hall–Kier alpha value is -1.26. The van der Waals surface area contributed by atoms with Crippen molar-refractivity contribution < 1.29 is 10.0 Å². The van der Waals surface area contributed by atoms with Crippen molar-refractivity contribution in [1.82, 2.24) is 5.32 Å². The first-order valence-electron chi connectivity index (χ1n) is 6.35. The van der Waals surface area contributed by atoms with E-state index in [0.29, 0.717) is 12.8 Å². The Balaban J connectivity index is 2.56. The summed E-state index contributed by atoms with van der Waals surface area (Å²) >= 11 is 0. The van der Waals surface area contributed by atoms with Gasteiger partial charge < -0.3 is 16.3 Å². The molecule has 0 aromatic rings. The van der Waals surface area contributed by atoms with Crippen LogP contribution in [-0.4, -0.2) is 23.0 Å². The highest BCUT2D eigenvalue weighted by molar-refractivity contribution is 6.07. The molecule has 1 saturated carbocycles. The van der Waals surface area contributed by atoms with Crippen molar-refractivity contribution >= 4 is 11.7 Å². The molecule has 1 amide bonds. The number of hydrogen-bond donors (Lipinski definition) is 3. The molecule has 0 spiro atoms. The van der Waals surface area contributed by atoms with Crippen LogP contribution in [0.4, 0.5) is 0 Å². The van der Waals surface area contributed by atoms with Gasteiger partial charge in [-0.25, -0.2) is 0 Å². The zero-order valence-corrected chi connectivity index (χ0v) is 10.7. The molecule has 1 aliphatic carbocycles. The number of rotatable bonds is 6. The molecule has 0 heterocycles. The summed E-state index contributed by atoms with van der Waals surface area (Å²) in [6.45, 7) is 4.12. The molecular weight excluding hydrogens is 218 g/mol. The van der Waals surface area contributed by atoms with Gasteiger partial charge in [0.05, 0.1) is 0 Å². The minimum Gasteiger partial charge on any atom is -0.409 e. The third kappa shape index (κ3) is 2.90. The summed E-state index contributed by atoms with van der Waals surface area (Å²) < 4.78 is 0. The number of amidine groups is 1. The Morgan fingerprint density at radius 2 is 2.24 bits per heavy atom. The summed E-state index contributed by atoms with van der Waals surface area (Å²) in [6.07, 6.45) is 5.48. The average Bonchev–Trinajstić information content (AvgIpc) is 2.24. The fourth-order valence-electron chi connectivity index (χ4n) is 2.17. The normalized spacial score (nSPS) is 20.5. The standard InChI is InChI=1S/C12H23N3O2/c1-3-4-6-9(2)14-11(16)12(7-5-8-12)10(13)15-17/h9,17H,3-8H2,1-2H3,(H2,13,15)(H,14,16). The first-order valence-corrected chi connectivity index (χ1v) is 6.35. The number of nitrogens with two attached hydrogens (primary N) is 1. The van der Waals surface area contributed by atoms with E-state index in [2.05, 4.69) is 17.4 Å². The number of hydrogen-bond acceptors (Lipinski definition) is 3. The van der Waals surface area contributed by atoms with E-state index in [4.69, 9.17) is 10.9 Å². The van der Waals surface area contributed by atoms with Crippen molar-refractivity contribution in [3.63, 3.8) is 0 Å². The number of unbranched alkanes of at least 4 members (excludes halogenated alkanes) is 1. The predicted octanol–water partition coefficient (Wildman–Crippen LogP) is 1.60. The van der Waals surface area contributed by atoms with Crippen molar-refractivity contribution in [2.75, 3.05) is 0 Å². The number of nitrogens with one attached hydrogen (secondary N) is 1. The van der Waals surface area contributed by atoms with Crippen molar-refractivity contribution in [3.05, 3.63) is 0 Å². The van der Waals surface area contributed by atoms with E-state index in [1.165, 1.54) is 0 Å². The van der Waals surface area contributed by atoms with E-state index in [1.807, 2.05) is 6.92 Å². The van der Waals surface area contributed by atoms with Crippen LogP contribution < -0.4 is 11.1 Å². The molecule has 17 heavy (non-hydrogen) atoms. The van der Waals surface area contributed by atoms with Crippen molar-refractivity contribution in [2.24, 2.45) is 16.3 Å². The fourth-order valence-corrected chi connectivity index (χ4v) is 2.17. The van der Waals surface area contributed by atoms with Crippen LogP contribution in [0.3, 0.4) is 0 Å². The molecule has 4 N–H and O–H groups in total. The maximum Gasteiger partial charge on any atom is 0.234 e. The lowest BCUT2D eigenvalue weighted by Gasteiger charge is -2.39. The van der Waals surface area contributed by atoms with Gasteiger partial charge in [0.25, 0.3) is 0 Å². The zero-order valence-electron chi connectivity index (χ0n) is 10.7. The number of amides is 1. The van der Waals surface area contributed by atoms with Crippen LogP contribution in [-0.2, 0) is 4.79 Å². The second-order valence-corrected chi connectivity index (χ2v) is 4.94. The van der Waals surface area contributed by atoms with E-state index in [1.54, 1.807) is 0 Å². The Kier molecular flexibility index (Phi) is 4.78. The summed E-state index contributed by atoms with van der Waals surface area (Å²) in [7, 11) is 0. The second kappa shape index (κ2) is 5.89. The molecule has 0 aromatic heterocycles. The summed E-state index contributed by atoms with van der Waals surface area (Å²) in [5, 5.41) is 14.7. The topological polar surface area (TPSA) is 87.7 Å². The monoisotopic (exact) mass is 241 g/mol. The summed E-state index contributed by atoms with van der Waals surface area (Å²) in [6, 6.07) is 0.145.